The number of piperidine rings is 1. The minimum absolute atomic E-state index is 0.0319. The third-order valence-corrected chi connectivity index (χ3v) is 4.46. The lowest BCUT2D eigenvalue weighted by molar-refractivity contribution is -0.137. The molecule has 0 unspecified atom stereocenters. The molecule has 1 amide bonds. The first-order valence-electron chi connectivity index (χ1n) is 7.14. The molecule has 2 aliphatic heterocycles. The van der Waals surface area contributed by atoms with Gasteiger partial charge in [-0.1, -0.05) is 6.08 Å². The molecular weight excluding hydrogens is 238 g/mol. The molecule has 0 aromatic rings. The predicted molar refractivity (Wildman–Crippen MR) is 74.3 cm³/mol. The smallest absolute Gasteiger partial charge is 0.239 e. The Kier molecular flexibility index (Phi) is 4.26. The van der Waals surface area contributed by atoms with Gasteiger partial charge in [-0.2, -0.15) is 5.26 Å². The maximum Gasteiger partial charge on any atom is 0.239 e. The fourth-order valence-electron chi connectivity index (χ4n) is 3.03. The highest BCUT2D eigenvalue weighted by atomic mass is 16.2. The monoisotopic (exact) mass is 261 g/mol. The summed E-state index contributed by atoms with van der Waals surface area (Å²) in [5, 5.41) is 9.13. The molecule has 2 aliphatic rings. The molecule has 2 heterocycles. The van der Waals surface area contributed by atoms with Gasteiger partial charge in [0.05, 0.1) is 17.5 Å². The lowest BCUT2D eigenvalue weighted by atomic mass is 9.82. The van der Waals surface area contributed by atoms with Gasteiger partial charge in [0.25, 0.3) is 0 Å². The molecule has 0 spiro atoms. The van der Waals surface area contributed by atoms with Crippen molar-refractivity contribution in [1.29, 1.82) is 5.26 Å². The van der Waals surface area contributed by atoms with Crippen LogP contribution in [0.2, 0.25) is 0 Å². The van der Waals surface area contributed by atoms with Crippen molar-refractivity contribution >= 4 is 5.91 Å². The van der Waals surface area contributed by atoms with Gasteiger partial charge in [-0.05, 0) is 39.2 Å². The number of carbonyl (C=O) groups excluding carboxylic acids is 1. The third-order valence-electron chi connectivity index (χ3n) is 4.46. The predicted octanol–water partition coefficient (Wildman–Crippen LogP) is 1.79. The topological polar surface area (TPSA) is 47.3 Å². The molecule has 104 valence electrons. The Labute approximate surface area is 115 Å². The number of nitriles is 1. The third kappa shape index (κ3) is 2.98. The van der Waals surface area contributed by atoms with E-state index in [0.29, 0.717) is 0 Å². The summed E-state index contributed by atoms with van der Waals surface area (Å²) in [6.07, 6.45) is 5.51. The molecule has 4 heteroatoms. The fraction of sp³-hybridized carbons (Fsp3) is 0.733. The van der Waals surface area contributed by atoms with Crippen molar-refractivity contribution in [1.82, 2.24) is 9.80 Å². The Morgan fingerprint density at radius 3 is 2.74 bits per heavy atom. The lowest BCUT2D eigenvalue weighted by Gasteiger charge is -2.37. The van der Waals surface area contributed by atoms with Gasteiger partial charge in [-0.25, -0.2) is 0 Å². The van der Waals surface area contributed by atoms with Crippen LogP contribution >= 0.6 is 0 Å². The second-order valence-corrected chi connectivity index (χ2v) is 5.94. The Morgan fingerprint density at radius 1 is 1.47 bits per heavy atom. The van der Waals surface area contributed by atoms with Crippen LogP contribution in [0.3, 0.4) is 0 Å². The SMILES string of the molecule is C=CCN1CCC[C@H]1C(=O)N1CCC(C)(C#N)CC1. The second kappa shape index (κ2) is 5.75. The Balaban J connectivity index is 1.94. The van der Waals surface area contributed by atoms with E-state index in [-0.39, 0.29) is 17.4 Å². The second-order valence-electron chi connectivity index (χ2n) is 5.94. The normalized spacial score (nSPS) is 26.9. The summed E-state index contributed by atoms with van der Waals surface area (Å²) in [5.74, 6) is 0.249. The molecule has 0 aromatic carbocycles. The van der Waals surface area contributed by atoms with E-state index in [1.165, 1.54) is 0 Å². The van der Waals surface area contributed by atoms with Gasteiger partial charge in [-0.3, -0.25) is 9.69 Å². The van der Waals surface area contributed by atoms with Crippen LogP contribution in [-0.4, -0.2) is 47.9 Å². The zero-order valence-electron chi connectivity index (χ0n) is 11.8. The number of carbonyl (C=O) groups is 1. The van der Waals surface area contributed by atoms with Gasteiger partial charge in [0.1, 0.15) is 0 Å². The van der Waals surface area contributed by atoms with Crippen LogP contribution in [0.15, 0.2) is 12.7 Å². The van der Waals surface area contributed by atoms with Gasteiger partial charge in [0.15, 0.2) is 0 Å². The van der Waals surface area contributed by atoms with Gasteiger partial charge in [0, 0.05) is 19.6 Å². The van der Waals surface area contributed by atoms with E-state index in [4.69, 9.17) is 5.26 Å². The van der Waals surface area contributed by atoms with Crippen molar-refractivity contribution in [2.45, 2.75) is 38.6 Å². The highest BCUT2D eigenvalue weighted by Gasteiger charge is 2.37. The summed E-state index contributed by atoms with van der Waals surface area (Å²) in [7, 11) is 0. The molecule has 0 radical (unpaired) electrons. The molecule has 19 heavy (non-hydrogen) atoms. The summed E-state index contributed by atoms with van der Waals surface area (Å²) >= 11 is 0. The minimum Gasteiger partial charge on any atom is -0.341 e. The van der Waals surface area contributed by atoms with E-state index in [2.05, 4.69) is 17.5 Å². The van der Waals surface area contributed by atoms with E-state index in [1.54, 1.807) is 0 Å². The standard InChI is InChI=1S/C15H23N3O/c1-3-8-17-9-4-5-13(17)14(19)18-10-6-15(2,12-16)7-11-18/h3,13H,1,4-11H2,2H3/t13-/m0/s1. The molecule has 0 N–H and O–H groups in total. The lowest BCUT2D eigenvalue weighted by Crippen LogP contribution is -2.49. The van der Waals surface area contributed by atoms with E-state index in [0.717, 1.165) is 51.9 Å². The van der Waals surface area contributed by atoms with Gasteiger partial charge < -0.3 is 4.90 Å². The van der Waals surface area contributed by atoms with Gasteiger partial charge >= 0.3 is 0 Å². The zero-order chi connectivity index (χ0) is 13.9. The Morgan fingerprint density at radius 2 is 2.16 bits per heavy atom. The number of hydrogen-bond acceptors (Lipinski definition) is 3. The zero-order valence-corrected chi connectivity index (χ0v) is 11.8. The first-order valence-corrected chi connectivity index (χ1v) is 7.14. The van der Waals surface area contributed by atoms with Crippen molar-refractivity contribution in [2.75, 3.05) is 26.2 Å². The summed E-state index contributed by atoms with van der Waals surface area (Å²) in [4.78, 5) is 16.7. The van der Waals surface area contributed by atoms with Crippen molar-refractivity contribution in [3.63, 3.8) is 0 Å². The molecule has 0 saturated carbocycles. The molecule has 2 fully saturated rings. The van der Waals surface area contributed by atoms with Crippen LogP contribution in [0.1, 0.15) is 32.6 Å². The van der Waals surface area contributed by atoms with Crippen molar-refractivity contribution in [2.24, 2.45) is 5.41 Å². The molecule has 0 aliphatic carbocycles. The van der Waals surface area contributed by atoms with Crippen LogP contribution in [-0.2, 0) is 4.79 Å². The minimum atomic E-state index is -0.243. The fourth-order valence-corrected chi connectivity index (χ4v) is 3.03. The first kappa shape index (κ1) is 14.1. The molecular formula is C15H23N3O. The van der Waals surface area contributed by atoms with E-state index >= 15 is 0 Å². The largest absolute Gasteiger partial charge is 0.341 e. The highest BCUT2D eigenvalue weighted by Crippen LogP contribution is 2.31. The van der Waals surface area contributed by atoms with Gasteiger partial charge in [-0.15, -0.1) is 6.58 Å². The highest BCUT2D eigenvalue weighted by molar-refractivity contribution is 5.82. The average molecular weight is 261 g/mol. The van der Waals surface area contributed by atoms with Crippen LogP contribution in [0.5, 0.6) is 0 Å². The summed E-state index contributed by atoms with van der Waals surface area (Å²) < 4.78 is 0. The molecule has 1 atom stereocenters. The van der Waals surface area contributed by atoms with Gasteiger partial charge in [0.2, 0.25) is 5.91 Å². The van der Waals surface area contributed by atoms with Crippen molar-refractivity contribution in [3.05, 3.63) is 12.7 Å². The van der Waals surface area contributed by atoms with Crippen molar-refractivity contribution in [3.8, 4) is 6.07 Å². The summed E-state index contributed by atoms with van der Waals surface area (Å²) in [5.41, 5.74) is -0.243. The van der Waals surface area contributed by atoms with Crippen LogP contribution < -0.4 is 0 Å². The number of hydrogen-bond donors (Lipinski definition) is 0. The number of amides is 1. The summed E-state index contributed by atoms with van der Waals surface area (Å²) in [6.45, 7) is 8.98. The maximum absolute atomic E-state index is 12.6. The summed E-state index contributed by atoms with van der Waals surface area (Å²) in [6, 6.07) is 2.41. The van der Waals surface area contributed by atoms with Crippen LogP contribution in [0.25, 0.3) is 0 Å². The molecule has 0 bridgehead atoms. The number of rotatable bonds is 3. The molecule has 2 saturated heterocycles. The molecule has 0 aromatic heterocycles. The average Bonchev–Trinajstić information content (AvgIpc) is 2.88. The van der Waals surface area contributed by atoms with E-state index < -0.39 is 0 Å². The van der Waals surface area contributed by atoms with Crippen LogP contribution in [0, 0.1) is 16.7 Å². The molecule has 2 rings (SSSR count). The first-order chi connectivity index (χ1) is 9.09. The Hall–Kier alpha value is -1.34. The van der Waals surface area contributed by atoms with Crippen molar-refractivity contribution < 1.29 is 4.79 Å². The quantitative estimate of drug-likeness (QED) is 0.728. The number of likely N-dealkylation sites (tertiary alicyclic amines) is 2. The molecule has 4 nitrogen and oxygen atoms in total. The van der Waals surface area contributed by atoms with E-state index in [1.807, 2.05) is 17.9 Å². The number of nitrogens with zero attached hydrogens (tertiary/aromatic N) is 3. The maximum atomic E-state index is 12.6. The van der Waals surface area contributed by atoms with E-state index in [9.17, 15) is 4.79 Å². The van der Waals surface area contributed by atoms with Crippen LogP contribution in [0.4, 0.5) is 0 Å². The Bertz CT molecular complexity index is 391.